The van der Waals surface area contributed by atoms with Crippen molar-refractivity contribution in [2.24, 2.45) is 0 Å². The quantitative estimate of drug-likeness (QED) is 0.844. The van der Waals surface area contributed by atoms with E-state index >= 15 is 0 Å². The summed E-state index contributed by atoms with van der Waals surface area (Å²) in [5.74, 6) is 6.23. The van der Waals surface area contributed by atoms with Crippen LogP contribution in [-0.2, 0) is 17.7 Å². The van der Waals surface area contributed by atoms with E-state index in [1.807, 2.05) is 23.5 Å². The maximum absolute atomic E-state index is 5.19. The molecule has 2 rings (SSSR count). The topological polar surface area (TPSA) is 60.2 Å². The molecule has 0 aromatic carbocycles. The van der Waals surface area contributed by atoms with E-state index in [2.05, 4.69) is 15.5 Å². The number of aromatic nitrogens is 2. The van der Waals surface area contributed by atoms with Crippen LogP contribution in [0.3, 0.4) is 0 Å². The summed E-state index contributed by atoms with van der Waals surface area (Å²) in [6.45, 7) is 1.29. The van der Waals surface area contributed by atoms with Crippen LogP contribution in [0.1, 0.15) is 11.7 Å². The van der Waals surface area contributed by atoms with Gasteiger partial charge in [-0.15, -0.1) is 0 Å². The fraction of sp³-hybridized carbons (Fsp3) is 0.818. The molecule has 1 N–H and O–H groups in total. The van der Waals surface area contributed by atoms with Gasteiger partial charge in [-0.05, 0) is 0 Å². The maximum atomic E-state index is 5.19. The standard InChI is InChI=1S/C11H19N3O2S2/c1-15-3-2-10-13-11(16-14-10)6-12-9-7-17-4-5-18-8-9/h9,12H,2-8H2,1H3. The number of hydrogen-bond donors (Lipinski definition) is 1. The number of nitrogens with zero attached hydrogens (tertiary/aromatic N) is 2. The number of rotatable bonds is 6. The van der Waals surface area contributed by atoms with Crippen molar-refractivity contribution >= 4 is 23.5 Å². The Kier molecular flexibility index (Phi) is 6.33. The van der Waals surface area contributed by atoms with E-state index in [0.29, 0.717) is 31.5 Å². The number of hydrogen-bond acceptors (Lipinski definition) is 7. The molecule has 2 heterocycles. The van der Waals surface area contributed by atoms with Crippen molar-refractivity contribution in [1.29, 1.82) is 0 Å². The summed E-state index contributed by atoms with van der Waals surface area (Å²) >= 11 is 4.02. The summed E-state index contributed by atoms with van der Waals surface area (Å²) in [6.07, 6.45) is 0.704. The minimum atomic E-state index is 0.539. The first-order chi connectivity index (χ1) is 8.88. The van der Waals surface area contributed by atoms with Gasteiger partial charge in [-0.2, -0.15) is 28.5 Å². The molecule has 5 nitrogen and oxygen atoms in total. The molecule has 0 spiro atoms. The predicted octanol–water partition coefficient (Wildman–Crippen LogP) is 1.20. The number of methoxy groups -OCH3 is 1. The number of nitrogens with one attached hydrogen (secondary N) is 1. The SMILES string of the molecule is COCCc1noc(CNC2CSCCSC2)n1. The highest BCUT2D eigenvalue weighted by atomic mass is 32.2. The fourth-order valence-corrected chi connectivity index (χ4v) is 4.09. The third-order valence-electron chi connectivity index (χ3n) is 2.59. The van der Waals surface area contributed by atoms with E-state index < -0.39 is 0 Å². The molecule has 0 radical (unpaired) electrons. The van der Waals surface area contributed by atoms with Crippen molar-refractivity contribution < 1.29 is 9.26 Å². The average Bonchev–Trinajstić information content (AvgIpc) is 2.68. The molecule has 0 saturated carbocycles. The van der Waals surface area contributed by atoms with Crippen molar-refractivity contribution in [3.8, 4) is 0 Å². The minimum Gasteiger partial charge on any atom is -0.384 e. The molecule has 0 amide bonds. The first-order valence-electron chi connectivity index (χ1n) is 6.07. The van der Waals surface area contributed by atoms with Gasteiger partial charge in [-0.25, -0.2) is 0 Å². The number of thioether (sulfide) groups is 2. The second-order valence-corrected chi connectivity index (χ2v) is 6.37. The van der Waals surface area contributed by atoms with Gasteiger partial charge in [0.15, 0.2) is 5.82 Å². The van der Waals surface area contributed by atoms with Crippen molar-refractivity contribution in [3.05, 3.63) is 11.7 Å². The average molecular weight is 289 g/mol. The Hall–Kier alpha value is -0.240. The molecule has 1 aliphatic rings. The van der Waals surface area contributed by atoms with Crippen molar-refractivity contribution in [3.63, 3.8) is 0 Å². The lowest BCUT2D eigenvalue weighted by Crippen LogP contribution is -2.32. The molecule has 18 heavy (non-hydrogen) atoms. The minimum absolute atomic E-state index is 0.539. The molecular weight excluding hydrogens is 270 g/mol. The first-order valence-corrected chi connectivity index (χ1v) is 8.38. The smallest absolute Gasteiger partial charge is 0.240 e. The molecule has 102 valence electrons. The molecule has 0 aliphatic carbocycles. The van der Waals surface area contributed by atoms with Gasteiger partial charge in [0, 0.05) is 42.6 Å². The van der Waals surface area contributed by atoms with Crippen LogP contribution in [0, 0.1) is 0 Å². The van der Waals surface area contributed by atoms with Crippen LogP contribution in [0.4, 0.5) is 0 Å². The lowest BCUT2D eigenvalue weighted by atomic mass is 10.4. The van der Waals surface area contributed by atoms with Gasteiger partial charge < -0.3 is 14.6 Å². The molecule has 0 bridgehead atoms. The predicted molar refractivity (Wildman–Crippen MR) is 75.2 cm³/mol. The Labute approximate surface area is 116 Å². The van der Waals surface area contributed by atoms with Gasteiger partial charge in [-0.3, -0.25) is 0 Å². The maximum Gasteiger partial charge on any atom is 0.240 e. The van der Waals surface area contributed by atoms with Crippen LogP contribution >= 0.6 is 23.5 Å². The summed E-state index contributed by atoms with van der Waals surface area (Å²) in [7, 11) is 1.67. The Bertz CT molecular complexity index is 341. The van der Waals surface area contributed by atoms with E-state index in [-0.39, 0.29) is 0 Å². The second kappa shape index (κ2) is 8.04. The largest absolute Gasteiger partial charge is 0.384 e. The molecule has 0 unspecified atom stereocenters. The monoisotopic (exact) mass is 289 g/mol. The van der Waals surface area contributed by atoms with Gasteiger partial charge in [0.1, 0.15) is 0 Å². The molecule has 1 fully saturated rings. The van der Waals surface area contributed by atoms with Crippen LogP contribution in [0.5, 0.6) is 0 Å². The van der Waals surface area contributed by atoms with Gasteiger partial charge in [0.05, 0.1) is 13.2 Å². The Balaban J connectivity index is 1.73. The fourth-order valence-electron chi connectivity index (χ4n) is 1.62. The lowest BCUT2D eigenvalue weighted by Gasteiger charge is -2.13. The number of ether oxygens (including phenoxy) is 1. The van der Waals surface area contributed by atoms with Crippen molar-refractivity contribution in [2.45, 2.75) is 19.0 Å². The van der Waals surface area contributed by atoms with E-state index in [4.69, 9.17) is 9.26 Å². The van der Waals surface area contributed by atoms with Crippen molar-refractivity contribution in [2.75, 3.05) is 36.7 Å². The summed E-state index contributed by atoms with van der Waals surface area (Å²) in [5, 5.41) is 7.40. The lowest BCUT2D eigenvalue weighted by molar-refractivity contribution is 0.199. The van der Waals surface area contributed by atoms with Crippen LogP contribution in [0.15, 0.2) is 4.52 Å². The normalized spacial score (nSPS) is 17.8. The third kappa shape index (κ3) is 4.79. The van der Waals surface area contributed by atoms with Gasteiger partial charge >= 0.3 is 0 Å². The highest BCUT2D eigenvalue weighted by molar-refractivity contribution is 8.03. The van der Waals surface area contributed by atoms with E-state index in [0.717, 1.165) is 17.3 Å². The highest BCUT2D eigenvalue weighted by Gasteiger charge is 2.14. The van der Waals surface area contributed by atoms with Crippen LogP contribution in [0.25, 0.3) is 0 Å². The second-order valence-electron chi connectivity index (χ2n) is 4.07. The summed E-state index contributed by atoms with van der Waals surface area (Å²) in [5.41, 5.74) is 0. The zero-order valence-electron chi connectivity index (χ0n) is 10.6. The van der Waals surface area contributed by atoms with Gasteiger partial charge in [-0.1, -0.05) is 5.16 Å². The Morgan fingerprint density at radius 1 is 1.39 bits per heavy atom. The van der Waals surface area contributed by atoms with Crippen LogP contribution < -0.4 is 5.32 Å². The molecule has 0 atom stereocenters. The molecular formula is C11H19N3O2S2. The van der Waals surface area contributed by atoms with Crippen LogP contribution in [-0.4, -0.2) is 52.9 Å². The Morgan fingerprint density at radius 3 is 2.89 bits per heavy atom. The summed E-state index contributed by atoms with van der Waals surface area (Å²) in [4.78, 5) is 4.32. The van der Waals surface area contributed by atoms with E-state index in [1.165, 1.54) is 11.5 Å². The molecule has 1 aliphatic heterocycles. The summed E-state index contributed by atoms with van der Waals surface area (Å²) in [6, 6.07) is 0.539. The van der Waals surface area contributed by atoms with Gasteiger partial charge in [0.25, 0.3) is 0 Å². The van der Waals surface area contributed by atoms with Crippen molar-refractivity contribution in [1.82, 2.24) is 15.5 Å². The zero-order chi connectivity index (χ0) is 12.6. The zero-order valence-corrected chi connectivity index (χ0v) is 12.2. The third-order valence-corrected chi connectivity index (χ3v) is 5.11. The highest BCUT2D eigenvalue weighted by Crippen LogP contribution is 2.16. The molecule has 1 aromatic rings. The first kappa shape index (κ1) is 14.2. The molecule has 1 aromatic heterocycles. The van der Waals surface area contributed by atoms with E-state index in [1.54, 1.807) is 7.11 Å². The van der Waals surface area contributed by atoms with Gasteiger partial charge in [0.2, 0.25) is 5.89 Å². The Morgan fingerprint density at radius 2 is 2.17 bits per heavy atom. The molecule has 7 heteroatoms. The van der Waals surface area contributed by atoms with E-state index in [9.17, 15) is 0 Å². The molecule has 1 saturated heterocycles. The van der Waals surface area contributed by atoms with Crippen LogP contribution in [0.2, 0.25) is 0 Å². The summed E-state index contributed by atoms with van der Waals surface area (Å²) < 4.78 is 10.2.